The SMILES string of the molecule is Cc1ccc(-n2c(C)cc(CC(=O)O)c2C)cc1. The summed E-state index contributed by atoms with van der Waals surface area (Å²) in [6, 6.07) is 10.2. The Hall–Kier alpha value is -2.03. The van der Waals surface area contributed by atoms with Crippen molar-refractivity contribution >= 4 is 5.97 Å². The Morgan fingerprint density at radius 1 is 1.17 bits per heavy atom. The molecule has 1 heterocycles. The van der Waals surface area contributed by atoms with Crippen LogP contribution >= 0.6 is 0 Å². The maximum absolute atomic E-state index is 10.8. The number of nitrogens with zero attached hydrogens (tertiary/aromatic N) is 1. The molecule has 0 saturated heterocycles. The molecule has 0 spiro atoms. The highest BCUT2D eigenvalue weighted by atomic mass is 16.4. The average Bonchev–Trinajstić information content (AvgIpc) is 2.55. The molecule has 0 saturated carbocycles. The number of rotatable bonds is 3. The van der Waals surface area contributed by atoms with Crippen LogP contribution in [0.4, 0.5) is 0 Å². The van der Waals surface area contributed by atoms with E-state index in [4.69, 9.17) is 5.11 Å². The molecule has 0 amide bonds. The molecule has 0 fully saturated rings. The summed E-state index contributed by atoms with van der Waals surface area (Å²) in [6.07, 6.45) is 0.0749. The van der Waals surface area contributed by atoms with Crippen LogP contribution in [-0.4, -0.2) is 15.6 Å². The Labute approximate surface area is 107 Å². The van der Waals surface area contributed by atoms with Gasteiger partial charge in [-0.05, 0) is 44.5 Å². The summed E-state index contributed by atoms with van der Waals surface area (Å²) in [5.41, 5.74) is 5.23. The molecule has 0 aliphatic heterocycles. The van der Waals surface area contributed by atoms with E-state index >= 15 is 0 Å². The van der Waals surface area contributed by atoms with Gasteiger partial charge in [0, 0.05) is 17.1 Å². The van der Waals surface area contributed by atoms with Gasteiger partial charge in [-0.25, -0.2) is 0 Å². The molecule has 0 unspecified atom stereocenters. The van der Waals surface area contributed by atoms with Crippen molar-refractivity contribution in [2.75, 3.05) is 0 Å². The topological polar surface area (TPSA) is 42.2 Å². The van der Waals surface area contributed by atoms with E-state index in [1.54, 1.807) is 0 Å². The molecule has 2 aromatic rings. The van der Waals surface area contributed by atoms with Crippen molar-refractivity contribution in [2.45, 2.75) is 27.2 Å². The largest absolute Gasteiger partial charge is 0.481 e. The highest BCUT2D eigenvalue weighted by molar-refractivity contribution is 5.71. The molecule has 1 aromatic carbocycles. The number of carboxylic acids is 1. The van der Waals surface area contributed by atoms with Crippen LogP contribution in [0.25, 0.3) is 5.69 Å². The fourth-order valence-corrected chi connectivity index (χ4v) is 2.26. The molecule has 0 atom stereocenters. The monoisotopic (exact) mass is 243 g/mol. The van der Waals surface area contributed by atoms with Gasteiger partial charge in [0.1, 0.15) is 0 Å². The number of aryl methyl sites for hydroxylation is 2. The van der Waals surface area contributed by atoms with Gasteiger partial charge >= 0.3 is 5.97 Å². The standard InChI is InChI=1S/C15H17NO2/c1-10-4-6-14(7-5-10)16-11(2)8-13(12(16)3)9-15(17)18/h4-8H,9H2,1-3H3,(H,17,18). The molecule has 94 valence electrons. The first-order valence-electron chi connectivity index (χ1n) is 5.95. The number of carboxylic acid groups (broad SMARTS) is 1. The van der Waals surface area contributed by atoms with Crippen LogP contribution in [0.5, 0.6) is 0 Å². The summed E-state index contributed by atoms with van der Waals surface area (Å²) < 4.78 is 2.09. The van der Waals surface area contributed by atoms with Crippen LogP contribution in [0.2, 0.25) is 0 Å². The average molecular weight is 243 g/mol. The van der Waals surface area contributed by atoms with Crippen molar-refractivity contribution in [3.63, 3.8) is 0 Å². The van der Waals surface area contributed by atoms with Crippen molar-refractivity contribution in [1.29, 1.82) is 0 Å². The van der Waals surface area contributed by atoms with Crippen LogP contribution in [0.1, 0.15) is 22.5 Å². The fraction of sp³-hybridized carbons (Fsp3) is 0.267. The number of carbonyl (C=O) groups is 1. The zero-order chi connectivity index (χ0) is 13.3. The van der Waals surface area contributed by atoms with Gasteiger partial charge in [0.15, 0.2) is 0 Å². The minimum Gasteiger partial charge on any atom is -0.481 e. The van der Waals surface area contributed by atoms with Gasteiger partial charge in [-0.15, -0.1) is 0 Å². The van der Waals surface area contributed by atoms with E-state index in [0.29, 0.717) is 0 Å². The first kappa shape index (κ1) is 12.4. The van der Waals surface area contributed by atoms with Crippen LogP contribution in [-0.2, 0) is 11.2 Å². The Morgan fingerprint density at radius 3 is 2.33 bits per heavy atom. The van der Waals surface area contributed by atoms with E-state index in [1.165, 1.54) is 5.56 Å². The highest BCUT2D eigenvalue weighted by Crippen LogP contribution is 2.21. The number of benzene rings is 1. The van der Waals surface area contributed by atoms with Crippen LogP contribution in [0.3, 0.4) is 0 Å². The summed E-state index contributed by atoms with van der Waals surface area (Å²) in [7, 11) is 0. The molecule has 3 nitrogen and oxygen atoms in total. The van der Waals surface area contributed by atoms with E-state index in [1.807, 2.05) is 19.9 Å². The maximum Gasteiger partial charge on any atom is 0.307 e. The van der Waals surface area contributed by atoms with Gasteiger partial charge < -0.3 is 9.67 Å². The van der Waals surface area contributed by atoms with Gasteiger partial charge in [-0.3, -0.25) is 4.79 Å². The molecule has 0 bridgehead atoms. The number of hydrogen-bond donors (Lipinski definition) is 1. The lowest BCUT2D eigenvalue weighted by atomic mass is 10.2. The zero-order valence-electron chi connectivity index (χ0n) is 10.9. The van der Waals surface area contributed by atoms with Crippen molar-refractivity contribution in [3.8, 4) is 5.69 Å². The van der Waals surface area contributed by atoms with Crippen molar-refractivity contribution in [1.82, 2.24) is 4.57 Å². The lowest BCUT2D eigenvalue weighted by Crippen LogP contribution is -2.03. The van der Waals surface area contributed by atoms with E-state index in [0.717, 1.165) is 22.6 Å². The Bertz CT molecular complexity index is 579. The zero-order valence-corrected chi connectivity index (χ0v) is 10.9. The summed E-state index contributed by atoms with van der Waals surface area (Å²) in [5.74, 6) is -0.792. The molecular formula is C15H17NO2. The smallest absolute Gasteiger partial charge is 0.307 e. The molecule has 18 heavy (non-hydrogen) atoms. The van der Waals surface area contributed by atoms with E-state index in [9.17, 15) is 4.79 Å². The lowest BCUT2D eigenvalue weighted by molar-refractivity contribution is -0.136. The Morgan fingerprint density at radius 2 is 1.78 bits per heavy atom. The molecule has 0 aliphatic carbocycles. The third-order valence-electron chi connectivity index (χ3n) is 3.17. The van der Waals surface area contributed by atoms with E-state index < -0.39 is 5.97 Å². The molecule has 1 aromatic heterocycles. The maximum atomic E-state index is 10.8. The summed E-state index contributed by atoms with van der Waals surface area (Å²) in [6.45, 7) is 6.01. The summed E-state index contributed by atoms with van der Waals surface area (Å²) in [5, 5.41) is 8.89. The van der Waals surface area contributed by atoms with Crippen LogP contribution in [0.15, 0.2) is 30.3 Å². The molecular weight excluding hydrogens is 226 g/mol. The van der Waals surface area contributed by atoms with Crippen molar-refractivity contribution in [2.24, 2.45) is 0 Å². The van der Waals surface area contributed by atoms with Gasteiger partial charge in [-0.1, -0.05) is 17.7 Å². The van der Waals surface area contributed by atoms with Gasteiger partial charge in [0.2, 0.25) is 0 Å². The second-order valence-electron chi connectivity index (χ2n) is 4.64. The van der Waals surface area contributed by atoms with E-state index in [2.05, 4.69) is 35.8 Å². The van der Waals surface area contributed by atoms with Crippen LogP contribution in [0, 0.1) is 20.8 Å². The fourth-order valence-electron chi connectivity index (χ4n) is 2.26. The normalized spacial score (nSPS) is 10.6. The van der Waals surface area contributed by atoms with Crippen molar-refractivity contribution in [3.05, 3.63) is 52.8 Å². The summed E-state index contributed by atoms with van der Waals surface area (Å²) in [4.78, 5) is 10.8. The number of aliphatic carboxylic acids is 1. The van der Waals surface area contributed by atoms with Crippen molar-refractivity contribution < 1.29 is 9.90 Å². The molecule has 2 rings (SSSR count). The summed E-state index contributed by atoms with van der Waals surface area (Å²) >= 11 is 0. The van der Waals surface area contributed by atoms with Gasteiger partial charge in [-0.2, -0.15) is 0 Å². The predicted molar refractivity (Wildman–Crippen MR) is 71.3 cm³/mol. The highest BCUT2D eigenvalue weighted by Gasteiger charge is 2.12. The van der Waals surface area contributed by atoms with Gasteiger partial charge in [0.05, 0.1) is 6.42 Å². The molecule has 0 radical (unpaired) electrons. The Kier molecular flexibility index (Phi) is 3.24. The minimum absolute atomic E-state index is 0.0749. The second kappa shape index (κ2) is 4.69. The number of hydrogen-bond acceptors (Lipinski definition) is 1. The second-order valence-corrected chi connectivity index (χ2v) is 4.64. The van der Waals surface area contributed by atoms with E-state index in [-0.39, 0.29) is 6.42 Å². The molecule has 1 N–H and O–H groups in total. The predicted octanol–water partition coefficient (Wildman–Crippen LogP) is 3.03. The molecule has 3 heteroatoms. The third-order valence-corrected chi connectivity index (χ3v) is 3.17. The lowest BCUT2D eigenvalue weighted by Gasteiger charge is -2.10. The quantitative estimate of drug-likeness (QED) is 0.900. The first-order chi connectivity index (χ1) is 8.49. The Balaban J connectivity index is 2.48. The van der Waals surface area contributed by atoms with Gasteiger partial charge in [0.25, 0.3) is 0 Å². The number of aromatic nitrogens is 1. The molecule has 0 aliphatic rings. The first-order valence-corrected chi connectivity index (χ1v) is 5.95. The third kappa shape index (κ3) is 2.30. The minimum atomic E-state index is -0.792. The van der Waals surface area contributed by atoms with Crippen LogP contribution < -0.4 is 0 Å².